The molecule has 1 saturated heterocycles. The molecule has 1 aliphatic rings. The third-order valence-electron chi connectivity index (χ3n) is 6.27. The highest BCUT2D eigenvalue weighted by Gasteiger charge is 2.30. The van der Waals surface area contributed by atoms with E-state index < -0.39 is 10.8 Å². The van der Waals surface area contributed by atoms with Gasteiger partial charge in [-0.1, -0.05) is 12.1 Å². The maximum absolute atomic E-state index is 13.2. The monoisotopic (exact) mass is 477 g/mol. The Balaban J connectivity index is 1.46. The number of benzene rings is 2. The number of aryl methyl sites for hydroxylation is 2. The standard InChI is InChI=1S/C25H27N5O5/c1-16-5-6-18(13-17(16)2)20-7-8-24(27-26-20)28-9-11-29(12-10-28)25(31)19-14-22(34-3)23(35-4)15-21(19)30(32)33/h5-8,13-15H,9-12H2,1-4H3. The van der Waals surface area contributed by atoms with E-state index >= 15 is 0 Å². The predicted molar refractivity (Wildman–Crippen MR) is 131 cm³/mol. The molecule has 3 aromatic rings. The minimum absolute atomic E-state index is 0.0290. The molecular weight excluding hydrogens is 450 g/mol. The van der Waals surface area contributed by atoms with Crippen molar-refractivity contribution < 1.29 is 19.2 Å². The second-order valence-corrected chi connectivity index (χ2v) is 8.34. The molecule has 2 aromatic carbocycles. The van der Waals surface area contributed by atoms with Gasteiger partial charge in [-0.2, -0.15) is 0 Å². The molecule has 0 bridgehead atoms. The number of carbonyl (C=O) groups excluding carboxylic acids is 1. The summed E-state index contributed by atoms with van der Waals surface area (Å²) >= 11 is 0. The van der Waals surface area contributed by atoms with E-state index in [4.69, 9.17) is 9.47 Å². The van der Waals surface area contributed by atoms with Crippen molar-refractivity contribution in [2.45, 2.75) is 13.8 Å². The van der Waals surface area contributed by atoms with Crippen LogP contribution < -0.4 is 14.4 Å². The fourth-order valence-corrected chi connectivity index (χ4v) is 4.05. The van der Waals surface area contributed by atoms with Crippen LogP contribution in [0.3, 0.4) is 0 Å². The lowest BCUT2D eigenvalue weighted by molar-refractivity contribution is -0.385. The molecule has 0 saturated carbocycles. The van der Waals surface area contributed by atoms with Gasteiger partial charge in [-0.3, -0.25) is 14.9 Å². The molecule has 0 radical (unpaired) electrons. The van der Waals surface area contributed by atoms with Crippen LogP contribution in [0.25, 0.3) is 11.3 Å². The van der Waals surface area contributed by atoms with Crippen molar-refractivity contribution in [3.63, 3.8) is 0 Å². The summed E-state index contributed by atoms with van der Waals surface area (Å²) in [5.41, 5.74) is 3.89. The van der Waals surface area contributed by atoms with Crippen LogP contribution in [0.5, 0.6) is 11.5 Å². The van der Waals surface area contributed by atoms with Gasteiger partial charge in [0.05, 0.1) is 30.9 Å². The molecule has 1 aromatic heterocycles. The molecule has 4 rings (SSSR count). The molecule has 10 heteroatoms. The summed E-state index contributed by atoms with van der Waals surface area (Å²) in [6, 6.07) is 12.6. The van der Waals surface area contributed by atoms with Gasteiger partial charge in [-0.25, -0.2) is 0 Å². The van der Waals surface area contributed by atoms with E-state index in [-0.39, 0.29) is 22.7 Å². The molecule has 1 aliphatic heterocycles. The average Bonchev–Trinajstić information content (AvgIpc) is 2.89. The molecule has 0 spiro atoms. The summed E-state index contributed by atoms with van der Waals surface area (Å²) in [6.45, 7) is 5.99. The molecule has 2 heterocycles. The SMILES string of the molecule is COc1cc(C(=O)N2CCN(c3ccc(-c4ccc(C)c(C)c4)nn3)CC2)c([N+](=O)[O-])cc1OC. The highest BCUT2D eigenvalue weighted by Crippen LogP contribution is 2.35. The van der Waals surface area contributed by atoms with Crippen LogP contribution >= 0.6 is 0 Å². The van der Waals surface area contributed by atoms with Crippen molar-refractivity contribution in [1.82, 2.24) is 15.1 Å². The lowest BCUT2D eigenvalue weighted by atomic mass is 10.0. The molecule has 1 amide bonds. The molecule has 182 valence electrons. The Hall–Kier alpha value is -4.21. The van der Waals surface area contributed by atoms with Crippen LogP contribution in [-0.4, -0.2) is 66.3 Å². The molecule has 0 N–H and O–H groups in total. The maximum Gasteiger partial charge on any atom is 0.286 e. The quantitative estimate of drug-likeness (QED) is 0.391. The largest absolute Gasteiger partial charge is 0.493 e. The third-order valence-corrected chi connectivity index (χ3v) is 6.27. The average molecular weight is 478 g/mol. The van der Waals surface area contributed by atoms with Crippen LogP contribution in [0.4, 0.5) is 11.5 Å². The van der Waals surface area contributed by atoms with Crippen molar-refractivity contribution >= 4 is 17.4 Å². The van der Waals surface area contributed by atoms with Gasteiger partial charge >= 0.3 is 0 Å². The zero-order valence-corrected chi connectivity index (χ0v) is 20.1. The lowest BCUT2D eigenvalue weighted by Gasteiger charge is -2.35. The number of carbonyl (C=O) groups is 1. The van der Waals surface area contributed by atoms with E-state index in [0.29, 0.717) is 26.2 Å². The van der Waals surface area contributed by atoms with E-state index in [1.807, 2.05) is 23.1 Å². The Bertz CT molecular complexity index is 1250. The summed E-state index contributed by atoms with van der Waals surface area (Å²) in [5.74, 6) is 0.762. The number of nitro benzene ring substituents is 1. The van der Waals surface area contributed by atoms with Crippen molar-refractivity contribution in [1.29, 1.82) is 0 Å². The second-order valence-electron chi connectivity index (χ2n) is 8.34. The zero-order valence-electron chi connectivity index (χ0n) is 20.1. The van der Waals surface area contributed by atoms with E-state index in [1.54, 1.807) is 4.90 Å². The molecule has 1 fully saturated rings. The number of hydrogen-bond donors (Lipinski definition) is 0. The van der Waals surface area contributed by atoms with Crippen LogP contribution in [0.1, 0.15) is 21.5 Å². The first-order valence-electron chi connectivity index (χ1n) is 11.2. The Morgan fingerprint density at radius 1 is 0.914 bits per heavy atom. The Morgan fingerprint density at radius 3 is 2.17 bits per heavy atom. The number of anilines is 1. The van der Waals surface area contributed by atoms with Crippen LogP contribution in [0.15, 0.2) is 42.5 Å². The molecule has 0 atom stereocenters. The topological polar surface area (TPSA) is 111 Å². The Morgan fingerprint density at radius 2 is 1.60 bits per heavy atom. The van der Waals surface area contributed by atoms with Gasteiger partial charge in [-0.15, -0.1) is 10.2 Å². The first-order valence-corrected chi connectivity index (χ1v) is 11.2. The van der Waals surface area contributed by atoms with Crippen LogP contribution in [0, 0.1) is 24.0 Å². The van der Waals surface area contributed by atoms with Crippen molar-refractivity contribution in [2.24, 2.45) is 0 Å². The first kappa shape index (κ1) is 23.9. The van der Waals surface area contributed by atoms with E-state index in [0.717, 1.165) is 17.1 Å². The van der Waals surface area contributed by atoms with Gasteiger partial charge < -0.3 is 19.3 Å². The molecule has 0 aliphatic carbocycles. The van der Waals surface area contributed by atoms with Crippen LogP contribution in [-0.2, 0) is 0 Å². The van der Waals surface area contributed by atoms with Crippen molar-refractivity contribution in [3.8, 4) is 22.8 Å². The summed E-state index contributed by atoms with van der Waals surface area (Å²) in [7, 11) is 2.81. The smallest absolute Gasteiger partial charge is 0.286 e. The number of amides is 1. The fourth-order valence-electron chi connectivity index (χ4n) is 4.05. The predicted octanol–water partition coefficient (Wildman–Crippen LogP) is 3.65. The Kier molecular flexibility index (Phi) is 6.81. The van der Waals surface area contributed by atoms with Gasteiger partial charge in [0.15, 0.2) is 17.3 Å². The number of rotatable bonds is 6. The van der Waals surface area contributed by atoms with E-state index in [2.05, 4.69) is 36.2 Å². The number of ether oxygens (including phenoxy) is 2. The Labute approximate surface area is 203 Å². The summed E-state index contributed by atoms with van der Waals surface area (Å²) in [4.78, 5) is 27.8. The van der Waals surface area contributed by atoms with Gasteiger partial charge in [0.25, 0.3) is 11.6 Å². The fraction of sp³-hybridized carbons (Fsp3) is 0.320. The number of methoxy groups -OCH3 is 2. The number of aromatic nitrogens is 2. The number of nitrogens with zero attached hydrogens (tertiary/aromatic N) is 5. The van der Waals surface area contributed by atoms with E-state index in [1.165, 1.54) is 37.5 Å². The molecule has 35 heavy (non-hydrogen) atoms. The maximum atomic E-state index is 13.2. The third kappa shape index (κ3) is 4.86. The van der Waals surface area contributed by atoms with Crippen molar-refractivity contribution in [2.75, 3.05) is 45.3 Å². The van der Waals surface area contributed by atoms with Gasteiger partial charge in [0.1, 0.15) is 5.56 Å². The minimum Gasteiger partial charge on any atom is -0.493 e. The minimum atomic E-state index is -0.585. The molecule has 10 nitrogen and oxygen atoms in total. The first-order chi connectivity index (χ1) is 16.8. The van der Waals surface area contributed by atoms with Gasteiger partial charge in [0, 0.05) is 37.8 Å². The van der Waals surface area contributed by atoms with Gasteiger partial charge in [0.2, 0.25) is 0 Å². The van der Waals surface area contributed by atoms with Crippen LogP contribution in [0.2, 0.25) is 0 Å². The highest BCUT2D eigenvalue weighted by molar-refractivity contribution is 5.99. The van der Waals surface area contributed by atoms with E-state index in [9.17, 15) is 14.9 Å². The second kappa shape index (κ2) is 9.96. The lowest BCUT2D eigenvalue weighted by Crippen LogP contribution is -2.49. The highest BCUT2D eigenvalue weighted by atomic mass is 16.6. The molecule has 0 unspecified atom stereocenters. The normalized spacial score (nSPS) is 13.5. The molecular formula is C25H27N5O5. The number of hydrogen-bond acceptors (Lipinski definition) is 8. The summed E-state index contributed by atoms with van der Waals surface area (Å²) in [6.07, 6.45) is 0. The summed E-state index contributed by atoms with van der Waals surface area (Å²) in [5, 5.41) is 20.4. The summed E-state index contributed by atoms with van der Waals surface area (Å²) < 4.78 is 10.4. The zero-order chi connectivity index (χ0) is 25.1. The number of nitro groups is 1. The van der Waals surface area contributed by atoms with Crippen molar-refractivity contribution in [3.05, 3.63) is 69.3 Å². The number of piperazine rings is 1. The van der Waals surface area contributed by atoms with Gasteiger partial charge in [-0.05, 0) is 43.2 Å².